The fourth-order valence-electron chi connectivity index (χ4n) is 3.72. The van der Waals surface area contributed by atoms with E-state index in [1.54, 1.807) is 0 Å². The predicted molar refractivity (Wildman–Crippen MR) is 81.3 cm³/mol. The van der Waals surface area contributed by atoms with Gasteiger partial charge >= 0.3 is 6.36 Å². The smallest absolute Gasteiger partial charge is 0.406 e. The SMILES string of the molecule is Cl.NC1C2CCC(C2)C1C(=O)Nc1cccc(OC(F)(F)F)c1. The molecule has 2 aliphatic carbocycles. The Bertz CT molecular complexity index is 580. The van der Waals surface area contributed by atoms with Gasteiger partial charge in [0.15, 0.2) is 0 Å². The van der Waals surface area contributed by atoms with Gasteiger partial charge in [0.25, 0.3) is 0 Å². The Kier molecular flexibility index (Phi) is 5.10. The third-order valence-corrected chi connectivity index (χ3v) is 4.62. The highest BCUT2D eigenvalue weighted by atomic mass is 35.5. The van der Waals surface area contributed by atoms with Crippen LogP contribution in [0.3, 0.4) is 0 Å². The number of alkyl halides is 3. The molecule has 0 saturated heterocycles. The van der Waals surface area contributed by atoms with Crippen molar-refractivity contribution >= 4 is 24.0 Å². The van der Waals surface area contributed by atoms with Gasteiger partial charge < -0.3 is 15.8 Å². The summed E-state index contributed by atoms with van der Waals surface area (Å²) in [5.74, 6) is -0.160. The van der Waals surface area contributed by atoms with Crippen molar-refractivity contribution in [1.82, 2.24) is 0 Å². The number of carbonyl (C=O) groups excluding carboxylic acids is 1. The van der Waals surface area contributed by atoms with E-state index in [1.165, 1.54) is 18.2 Å². The molecule has 128 valence electrons. The lowest BCUT2D eigenvalue weighted by Gasteiger charge is -2.27. The molecule has 4 unspecified atom stereocenters. The van der Waals surface area contributed by atoms with Gasteiger partial charge in [-0.2, -0.15) is 0 Å². The molecule has 0 radical (unpaired) electrons. The zero-order chi connectivity index (χ0) is 15.9. The van der Waals surface area contributed by atoms with Crippen molar-refractivity contribution in [1.29, 1.82) is 0 Å². The van der Waals surface area contributed by atoms with E-state index < -0.39 is 6.36 Å². The molecule has 0 spiro atoms. The number of rotatable bonds is 3. The molecule has 8 heteroatoms. The van der Waals surface area contributed by atoms with E-state index in [4.69, 9.17) is 5.73 Å². The number of halogens is 4. The Labute approximate surface area is 138 Å². The van der Waals surface area contributed by atoms with Crippen molar-refractivity contribution in [3.05, 3.63) is 24.3 Å². The lowest BCUT2D eigenvalue weighted by molar-refractivity contribution is -0.274. The van der Waals surface area contributed by atoms with Gasteiger partial charge in [0, 0.05) is 17.8 Å². The first kappa shape index (κ1) is 17.9. The van der Waals surface area contributed by atoms with Gasteiger partial charge in [-0.3, -0.25) is 4.79 Å². The highest BCUT2D eigenvalue weighted by Gasteiger charge is 2.49. The van der Waals surface area contributed by atoms with Gasteiger partial charge in [0.05, 0.1) is 5.92 Å². The average Bonchev–Trinajstić information content (AvgIpc) is 2.97. The van der Waals surface area contributed by atoms with Gasteiger partial charge in [-0.15, -0.1) is 25.6 Å². The van der Waals surface area contributed by atoms with E-state index in [-0.39, 0.29) is 47.6 Å². The maximum atomic E-state index is 12.4. The summed E-state index contributed by atoms with van der Waals surface area (Å²) in [5, 5.41) is 2.66. The molecule has 0 heterocycles. The minimum atomic E-state index is -4.75. The summed E-state index contributed by atoms with van der Waals surface area (Å²) < 4.78 is 40.5. The second-order valence-electron chi connectivity index (χ2n) is 6.00. The summed E-state index contributed by atoms with van der Waals surface area (Å²) in [7, 11) is 0. The number of nitrogens with two attached hydrogens (primary N) is 1. The van der Waals surface area contributed by atoms with Gasteiger partial charge in [-0.1, -0.05) is 6.07 Å². The van der Waals surface area contributed by atoms with Gasteiger partial charge in [-0.25, -0.2) is 0 Å². The predicted octanol–water partition coefficient (Wildman–Crippen LogP) is 3.32. The first-order valence-electron chi connectivity index (χ1n) is 7.26. The lowest BCUT2D eigenvalue weighted by atomic mass is 9.84. The summed E-state index contributed by atoms with van der Waals surface area (Å²) in [6, 6.07) is 5.11. The summed E-state index contributed by atoms with van der Waals surface area (Å²) in [5.41, 5.74) is 6.38. The number of fused-ring (bicyclic) bond motifs is 2. The fourth-order valence-corrected chi connectivity index (χ4v) is 3.72. The molecular formula is C15H18ClF3N2O2. The van der Waals surface area contributed by atoms with Crippen LogP contribution in [-0.2, 0) is 4.79 Å². The minimum absolute atomic E-state index is 0. The Balaban J connectivity index is 0.00000192. The largest absolute Gasteiger partial charge is 0.573 e. The number of hydrogen-bond donors (Lipinski definition) is 2. The molecule has 1 aromatic carbocycles. The number of nitrogens with one attached hydrogen (secondary N) is 1. The van der Waals surface area contributed by atoms with Crippen molar-refractivity contribution in [3.8, 4) is 5.75 Å². The zero-order valence-electron chi connectivity index (χ0n) is 12.2. The highest BCUT2D eigenvalue weighted by molar-refractivity contribution is 5.93. The number of benzene rings is 1. The normalized spacial score (nSPS) is 29.0. The molecule has 2 fully saturated rings. The molecule has 2 saturated carbocycles. The number of anilines is 1. The number of carbonyl (C=O) groups is 1. The highest BCUT2D eigenvalue weighted by Crippen LogP contribution is 2.47. The molecular weight excluding hydrogens is 333 g/mol. The van der Waals surface area contributed by atoms with Crippen LogP contribution in [0.2, 0.25) is 0 Å². The average molecular weight is 351 g/mol. The van der Waals surface area contributed by atoms with Crippen LogP contribution < -0.4 is 15.8 Å². The van der Waals surface area contributed by atoms with E-state index in [0.717, 1.165) is 25.3 Å². The first-order chi connectivity index (χ1) is 10.3. The molecule has 0 aromatic heterocycles. The quantitative estimate of drug-likeness (QED) is 0.879. The summed E-state index contributed by atoms with van der Waals surface area (Å²) in [4.78, 5) is 12.4. The van der Waals surface area contributed by atoms with Crippen LogP contribution in [0.15, 0.2) is 24.3 Å². The van der Waals surface area contributed by atoms with Crippen LogP contribution in [0.5, 0.6) is 5.75 Å². The minimum Gasteiger partial charge on any atom is -0.406 e. The molecule has 4 nitrogen and oxygen atoms in total. The van der Waals surface area contributed by atoms with E-state index in [9.17, 15) is 18.0 Å². The molecule has 4 atom stereocenters. The van der Waals surface area contributed by atoms with Crippen LogP contribution in [0, 0.1) is 17.8 Å². The van der Waals surface area contributed by atoms with E-state index >= 15 is 0 Å². The Morgan fingerprint density at radius 3 is 2.57 bits per heavy atom. The number of amides is 1. The molecule has 2 bridgehead atoms. The van der Waals surface area contributed by atoms with E-state index in [0.29, 0.717) is 5.92 Å². The van der Waals surface area contributed by atoms with Crippen molar-refractivity contribution in [2.75, 3.05) is 5.32 Å². The lowest BCUT2D eigenvalue weighted by Crippen LogP contribution is -2.42. The van der Waals surface area contributed by atoms with Crippen LogP contribution >= 0.6 is 12.4 Å². The number of hydrogen-bond acceptors (Lipinski definition) is 3. The molecule has 3 N–H and O–H groups in total. The molecule has 23 heavy (non-hydrogen) atoms. The topological polar surface area (TPSA) is 64.4 Å². The van der Waals surface area contributed by atoms with Gasteiger partial charge in [0.1, 0.15) is 5.75 Å². The van der Waals surface area contributed by atoms with Crippen molar-refractivity contribution in [3.63, 3.8) is 0 Å². The zero-order valence-corrected chi connectivity index (χ0v) is 13.0. The van der Waals surface area contributed by atoms with Crippen molar-refractivity contribution in [2.45, 2.75) is 31.7 Å². The van der Waals surface area contributed by atoms with Crippen LogP contribution in [0.1, 0.15) is 19.3 Å². The summed E-state index contributed by atoms with van der Waals surface area (Å²) in [6.07, 6.45) is -1.73. The van der Waals surface area contributed by atoms with Crippen molar-refractivity contribution < 1.29 is 22.7 Å². The molecule has 2 aliphatic rings. The molecule has 3 rings (SSSR count). The second kappa shape index (κ2) is 6.57. The summed E-state index contributed by atoms with van der Waals surface area (Å²) in [6.45, 7) is 0. The van der Waals surface area contributed by atoms with Crippen molar-refractivity contribution in [2.24, 2.45) is 23.5 Å². The number of ether oxygens (including phenoxy) is 1. The van der Waals surface area contributed by atoms with Crippen LogP contribution in [0.4, 0.5) is 18.9 Å². The molecule has 1 amide bonds. The van der Waals surface area contributed by atoms with E-state index in [1.807, 2.05) is 0 Å². The Hall–Kier alpha value is -1.47. The van der Waals surface area contributed by atoms with Crippen LogP contribution in [-0.4, -0.2) is 18.3 Å². The maximum absolute atomic E-state index is 12.4. The fraction of sp³-hybridized carbons (Fsp3) is 0.533. The van der Waals surface area contributed by atoms with E-state index in [2.05, 4.69) is 10.1 Å². The van der Waals surface area contributed by atoms with Gasteiger partial charge in [-0.05, 0) is 43.2 Å². The molecule has 0 aliphatic heterocycles. The maximum Gasteiger partial charge on any atom is 0.573 e. The molecule has 1 aromatic rings. The standard InChI is InChI=1S/C15H17F3N2O2.ClH/c16-15(17,18)22-11-3-1-2-10(7-11)20-14(21)12-8-4-5-9(6-8)13(12)19;/h1-3,7-9,12-13H,4-6,19H2,(H,20,21);1H. The third kappa shape index (κ3) is 3.90. The third-order valence-electron chi connectivity index (χ3n) is 4.62. The van der Waals surface area contributed by atoms with Crippen LogP contribution in [0.25, 0.3) is 0 Å². The first-order valence-corrected chi connectivity index (χ1v) is 7.26. The Morgan fingerprint density at radius 2 is 1.96 bits per heavy atom. The Morgan fingerprint density at radius 1 is 1.26 bits per heavy atom. The second-order valence-corrected chi connectivity index (χ2v) is 6.00. The summed E-state index contributed by atoms with van der Waals surface area (Å²) >= 11 is 0. The monoisotopic (exact) mass is 350 g/mol. The van der Waals surface area contributed by atoms with Gasteiger partial charge in [0.2, 0.25) is 5.91 Å².